The fourth-order valence-corrected chi connectivity index (χ4v) is 3.32. The van der Waals surface area contributed by atoms with Crippen molar-refractivity contribution in [3.8, 4) is 16.8 Å². The second-order valence-corrected chi connectivity index (χ2v) is 6.55. The first kappa shape index (κ1) is 16.1. The Kier molecular flexibility index (Phi) is 3.81. The van der Waals surface area contributed by atoms with Crippen LogP contribution in [-0.2, 0) is 0 Å². The number of carboxylic acids is 1. The van der Waals surface area contributed by atoms with Crippen LogP contribution in [0.25, 0.3) is 27.8 Å². The summed E-state index contributed by atoms with van der Waals surface area (Å²) in [4.78, 5) is 15.7. The highest BCUT2D eigenvalue weighted by Gasteiger charge is 2.10. The predicted molar refractivity (Wildman–Crippen MR) is 103 cm³/mol. The van der Waals surface area contributed by atoms with Crippen LogP contribution in [0.5, 0.6) is 0 Å². The van der Waals surface area contributed by atoms with Gasteiger partial charge in [0, 0.05) is 5.69 Å². The van der Waals surface area contributed by atoms with Gasteiger partial charge in [0.1, 0.15) is 6.33 Å². The third-order valence-corrected chi connectivity index (χ3v) is 4.47. The highest BCUT2D eigenvalue weighted by molar-refractivity contribution is 5.92. The Balaban J connectivity index is 1.85. The molecule has 0 fully saturated rings. The zero-order valence-corrected chi connectivity index (χ0v) is 14.6. The van der Waals surface area contributed by atoms with Crippen LogP contribution in [0.4, 0.5) is 0 Å². The summed E-state index contributed by atoms with van der Waals surface area (Å²) < 4.78 is 1.92. The van der Waals surface area contributed by atoms with E-state index < -0.39 is 5.97 Å². The number of carbonyl (C=O) groups is 1. The topological polar surface area (TPSA) is 55.1 Å². The molecule has 0 spiro atoms. The quantitative estimate of drug-likeness (QED) is 0.569. The van der Waals surface area contributed by atoms with Crippen molar-refractivity contribution in [3.05, 3.63) is 83.7 Å². The number of aromatic carboxylic acids is 1. The van der Waals surface area contributed by atoms with Crippen LogP contribution < -0.4 is 0 Å². The summed E-state index contributed by atoms with van der Waals surface area (Å²) in [5.74, 6) is -0.941. The zero-order chi connectivity index (χ0) is 18.3. The fraction of sp³-hybridized carbons (Fsp3) is 0.0909. The van der Waals surface area contributed by atoms with Gasteiger partial charge in [-0.25, -0.2) is 9.78 Å². The van der Waals surface area contributed by atoms with Crippen molar-refractivity contribution in [2.45, 2.75) is 13.8 Å². The van der Waals surface area contributed by atoms with Crippen molar-refractivity contribution in [1.82, 2.24) is 9.55 Å². The highest BCUT2D eigenvalue weighted by atomic mass is 16.4. The summed E-state index contributed by atoms with van der Waals surface area (Å²) in [7, 11) is 0. The first-order valence-corrected chi connectivity index (χ1v) is 8.41. The van der Waals surface area contributed by atoms with E-state index in [1.54, 1.807) is 24.5 Å². The molecule has 0 atom stereocenters. The molecule has 0 radical (unpaired) electrons. The maximum atomic E-state index is 11.3. The van der Waals surface area contributed by atoms with Gasteiger partial charge in [-0.05, 0) is 55.3 Å². The third-order valence-electron chi connectivity index (χ3n) is 4.47. The smallest absolute Gasteiger partial charge is 0.335 e. The number of hydrogen-bond acceptors (Lipinski definition) is 2. The van der Waals surface area contributed by atoms with Crippen molar-refractivity contribution >= 4 is 17.0 Å². The maximum absolute atomic E-state index is 11.3. The Bertz CT molecular complexity index is 1120. The predicted octanol–water partition coefficient (Wildman–Crippen LogP) is 5.01. The number of carboxylic acid groups (broad SMARTS) is 1. The van der Waals surface area contributed by atoms with Crippen molar-refractivity contribution in [2.75, 3.05) is 0 Å². The number of hydrogen-bond donors (Lipinski definition) is 1. The lowest BCUT2D eigenvalue weighted by atomic mass is 10.0. The van der Waals surface area contributed by atoms with Crippen molar-refractivity contribution in [3.63, 3.8) is 0 Å². The Morgan fingerprint density at radius 1 is 0.923 bits per heavy atom. The molecule has 0 saturated carbocycles. The molecule has 4 heteroatoms. The van der Waals surface area contributed by atoms with E-state index in [2.05, 4.69) is 49.2 Å². The van der Waals surface area contributed by atoms with Crippen LogP contribution in [0, 0.1) is 13.8 Å². The number of nitrogens with zero attached hydrogens (tertiary/aromatic N) is 2. The number of fused-ring (bicyclic) bond motifs is 1. The number of benzene rings is 3. The van der Waals surface area contributed by atoms with Crippen LogP contribution >= 0.6 is 0 Å². The summed E-state index contributed by atoms with van der Waals surface area (Å²) >= 11 is 0. The summed E-state index contributed by atoms with van der Waals surface area (Å²) in [6, 6.07) is 19.7. The van der Waals surface area contributed by atoms with Crippen LogP contribution in [0.15, 0.2) is 67.0 Å². The molecule has 0 aliphatic carbocycles. The van der Waals surface area contributed by atoms with Gasteiger partial charge in [0.15, 0.2) is 0 Å². The summed E-state index contributed by atoms with van der Waals surface area (Å²) in [6.45, 7) is 4.19. The Morgan fingerprint density at radius 3 is 2.42 bits per heavy atom. The number of aryl methyl sites for hydroxylation is 2. The first-order chi connectivity index (χ1) is 12.5. The summed E-state index contributed by atoms with van der Waals surface area (Å²) in [6.07, 6.45) is 1.73. The molecule has 128 valence electrons. The van der Waals surface area contributed by atoms with Gasteiger partial charge in [-0.2, -0.15) is 0 Å². The lowest BCUT2D eigenvalue weighted by molar-refractivity contribution is 0.0697. The van der Waals surface area contributed by atoms with Gasteiger partial charge in [-0.3, -0.25) is 4.57 Å². The molecule has 1 N–H and O–H groups in total. The van der Waals surface area contributed by atoms with E-state index in [1.165, 1.54) is 16.7 Å². The highest BCUT2D eigenvalue weighted by Crippen LogP contribution is 2.26. The molecule has 0 bridgehead atoms. The summed E-state index contributed by atoms with van der Waals surface area (Å²) in [5, 5.41) is 9.26. The van der Waals surface area contributed by atoms with Gasteiger partial charge in [0.25, 0.3) is 0 Å². The normalized spacial score (nSPS) is 11.0. The van der Waals surface area contributed by atoms with Gasteiger partial charge in [-0.15, -0.1) is 0 Å². The largest absolute Gasteiger partial charge is 0.478 e. The third kappa shape index (κ3) is 2.86. The SMILES string of the molecule is Cc1cc(C)cc(-c2cccc(-n3cnc4ccc(C(=O)O)cc43)c2)c1. The van der Waals surface area contributed by atoms with E-state index in [-0.39, 0.29) is 5.56 Å². The van der Waals surface area contributed by atoms with E-state index in [1.807, 2.05) is 16.7 Å². The van der Waals surface area contributed by atoms with Crippen molar-refractivity contribution < 1.29 is 9.90 Å². The van der Waals surface area contributed by atoms with Gasteiger partial charge in [0.05, 0.1) is 16.6 Å². The minimum atomic E-state index is -0.941. The van der Waals surface area contributed by atoms with Crippen molar-refractivity contribution in [1.29, 1.82) is 0 Å². The zero-order valence-electron chi connectivity index (χ0n) is 14.6. The molecule has 1 heterocycles. The van der Waals surface area contributed by atoms with Gasteiger partial charge in [0.2, 0.25) is 0 Å². The average molecular weight is 342 g/mol. The average Bonchev–Trinajstić information content (AvgIpc) is 3.04. The van der Waals surface area contributed by atoms with E-state index in [9.17, 15) is 9.90 Å². The van der Waals surface area contributed by atoms with Gasteiger partial charge in [-0.1, -0.05) is 41.5 Å². The number of rotatable bonds is 3. The monoisotopic (exact) mass is 342 g/mol. The molecule has 0 amide bonds. The van der Waals surface area contributed by atoms with E-state index >= 15 is 0 Å². The van der Waals surface area contributed by atoms with E-state index in [0.717, 1.165) is 22.3 Å². The number of aromatic nitrogens is 2. The second kappa shape index (κ2) is 6.15. The van der Waals surface area contributed by atoms with E-state index in [0.29, 0.717) is 0 Å². The number of imidazole rings is 1. The molecule has 3 aromatic carbocycles. The van der Waals surface area contributed by atoms with Gasteiger partial charge < -0.3 is 5.11 Å². The molecule has 0 aliphatic rings. The van der Waals surface area contributed by atoms with Crippen LogP contribution in [-0.4, -0.2) is 20.6 Å². The lowest BCUT2D eigenvalue weighted by Crippen LogP contribution is -1.97. The molecule has 0 aliphatic heterocycles. The molecule has 4 aromatic rings. The molecule has 4 nitrogen and oxygen atoms in total. The maximum Gasteiger partial charge on any atom is 0.335 e. The van der Waals surface area contributed by atoms with Crippen LogP contribution in [0.1, 0.15) is 21.5 Å². The second-order valence-electron chi connectivity index (χ2n) is 6.55. The molecule has 1 aromatic heterocycles. The first-order valence-electron chi connectivity index (χ1n) is 8.41. The molecule has 26 heavy (non-hydrogen) atoms. The van der Waals surface area contributed by atoms with Crippen molar-refractivity contribution in [2.24, 2.45) is 0 Å². The Morgan fingerprint density at radius 2 is 1.69 bits per heavy atom. The molecule has 0 unspecified atom stereocenters. The Hall–Kier alpha value is -3.40. The Labute approximate surface area is 151 Å². The molecular formula is C22H18N2O2. The minimum Gasteiger partial charge on any atom is -0.478 e. The molecule has 4 rings (SSSR count). The van der Waals surface area contributed by atoms with Crippen LogP contribution in [0.2, 0.25) is 0 Å². The summed E-state index contributed by atoms with van der Waals surface area (Å²) in [5.41, 5.74) is 7.49. The van der Waals surface area contributed by atoms with Crippen LogP contribution in [0.3, 0.4) is 0 Å². The molecule has 0 saturated heterocycles. The minimum absolute atomic E-state index is 0.254. The fourth-order valence-electron chi connectivity index (χ4n) is 3.32. The van der Waals surface area contributed by atoms with Gasteiger partial charge >= 0.3 is 5.97 Å². The standard InChI is InChI=1S/C22H18N2O2/c1-14-8-15(2)10-18(9-14)16-4-3-5-19(11-16)24-13-23-20-7-6-17(22(25)26)12-21(20)24/h3-13H,1-2H3,(H,25,26). The lowest BCUT2D eigenvalue weighted by Gasteiger charge is -2.09. The molecular weight excluding hydrogens is 324 g/mol. The van der Waals surface area contributed by atoms with E-state index in [4.69, 9.17) is 0 Å².